The SMILES string of the molecule is CCC1(C)CSC(=NCc2ccoc2)N1. The van der Waals surface area contributed by atoms with Crippen molar-refractivity contribution in [1.82, 2.24) is 5.32 Å². The van der Waals surface area contributed by atoms with Crippen LogP contribution in [0.1, 0.15) is 25.8 Å². The second kappa shape index (κ2) is 4.31. The van der Waals surface area contributed by atoms with Crippen LogP contribution in [-0.4, -0.2) is 16.5 Å². The molecule has 1 unspecified atom stereocenters. The molecule has 82 valence electrons. The minimum Gasteiger partial charge on any atom is -0.472 e. The smallest absolute Gasteiger partial charge is 0.157 e. The quantitative estimate of drug-likeness (QED) is 0.857. The number of aliphatic imine (C=N–C) groups is 1. The lowest BCUT2D eigenvalue weighted by molar-refractivity contribution is 0.466. The molecule has 2 heterocycles. The minimum atomic E-state index is 0.222. The summed E-state index contributed by atoms with van der Waals surface area (Å²) < 4.78 is 5.00. The van der Waals surface area contributed by atoms with Crippen molar-refractivity contribution in [3.8, 4) is 0 Å². The van der Waals surface area contributed by atoms with Gasteiger partial charge in [-0.3, -0.25) is 4.99 Å². The fraction of sp³-hybridized carbons (Fsp3) is 0.545. The van der Waals surface area contributed by atoms with Crippen molar-refractivity contribution in [3.63, 3.8) is 0 Å². The molecule has 4 heteroatoms. The van der Waals surface area contributed by atoms with Gasteiger partial charge in [-0.2, -0.15) is 0 Å². The van der Waals surface area contributed by atoms with Crippen LogP contribution >= 0.6 is 11.8 Å². The molecule has 1 aliphatic rings. The number of thioether (sulfide) groups is 1. The van der Waals surface area contributed by atoms with Crippen LogP contribution in [0, 0.1) is 0 Å². The van der Waals surface area contributed by atoms with E-state index in [1.807, 2.05) is 6.07 Å². The molecule has 0 bridgehead atoms. The lowest BCUT2D eigenvalue weighted by Gasteiger charge is -2.20. The molecule has 0 aromatic carbocycles. The predicted molar refractivity (Wildman–Crippen MR) is 64.1 cm³/mol. The van der Waals surface area contributed by atoms with Crippen LogP contribution < -0.4 is 5.32 Å². The molecule has 1 N–H and O–H groups in total. The third-order valence-electron chi connectivity index (χ3n) is 2.70. The van der Waals surface area contributed by atoms with Gasteiger partial charge >= 0.3 is 0 Å². The number of hydrogen-bond acceptors (Lipinski definition) is 3. The minimum absolute atomic E-state index is 0.222. The number of amidine groups is 1. The van der Waals surface area contributed by atoms with E-state index < -0.39 is 0 Å². The molecule has 1 saturated heterocycles. The third-order valence-corrected chi connectivity index (χ3v) is 3.99. The maximum Gasteiger partial charge on any atom is 0.157 e. The number of furan rings is 1. The van der Waals surface area contributed by atoms with Crippen molar-refractivity contribution in [1.29, 1.82) is 0 Å². The van der Waals surface area contributed by atoms with E-state index in [-0.39, 0.29) is 5.54 Å². The van der Waals surface area contributed by atoms with Crippen LogP contribution in [0.2, 0.25) is 0 Å². The first-order valence-electron chi connectivity index (χ1n) is 5.18. The van der Waals surface area contributed by atoms with Crippen LogP contribution in [0.4, 0.5) is 0 Å². The van der Waals surface area contributed by atoms with Gasteiger partial charge in [0.1, 0.15) is 0 Å². The van der Waals surface area contributed by atoms with Crippen molar-refractivity contribution in [2.75, 3.05) is 5.75 Å². The summed E-state index contributed by atoms with van der Waals surface area (Å²) in [4.78, 5) is 4.52. The van der Waals surface area contributed by atoms with Gasteiger partial charge in [0.25, 0.3) is 0 Å². The Morgan fingerprint density at radius 2 is 2.53 bits per heavy atom. The molecule has 0 amide bonds. The van der Waals surface area contributed by atoms with Crippen LogP contribution in [0.5, 0.6) is 0 Å². The highest BCUT2D eigenvalue weighted by atomic mass is 32.2. The van der Waals surface area contributed by atoms with Crippen LogP contribution in [0.25, 0.3) is 0 Å². The highest BCUT2D eigenvalue weighted by Crippen LogP contribution is 2.25. The molecule has 0 saturated carbocycles. The molecule has 1 aromatic heterocycles. The van der Waals surface area contributed by atoms with Crippen LogP contribution in [-0.2, 0) is 6.54 Å². The maximum atomic E-state index is 5.00. The van der Waals surface area contributed by atoms with Crippen molar-refractivity contribution in [2.24, 2.45) is 4.99 Å². The Morgan fingerprint density at radius 3 is 3.13 bits per heavy atom. The summed E-state index contributed by atoms with van der Waals surface area (Å²) >= 11 is 1.80. The number of rotatable bonds is 3. The largest absolute Gasteiger partial charge is 0.472 e. The number of nitrogens with one attached hydrogen (secondary N) is 1. The van der Waals surface area contributed by atoms with Gasteiger partial charge in [-0.05, 0) is 19.4 Å². The molecule has 1 fully saturated rings. The molecule has 1 atom stereocenters. The van der Waals surface area contributed by atoms with Gasteiger partial charge in [0.2, 0.25) is 0 Å². The van der Waals surface area contributed by atoms with E-state index in [1.165, 1.54) is 0 Å². The van der Waals surface area contributed by atoms with Gasteiger partial charge in [-0.1, -0.05) is 18.7 Å². The molecular formula is C11H16N2OS. The van der Waals surface area contributed by atoms with Gasteiger partial charge in [-0.25, -0.2) is 0 Å². The van der Waals surface area contributed by atoms with Crippen LogP contribution in [0.15, 0.2) is 28.0 Å². The fourth-order valence-electron chi connectivity index (χ4n) is 1.38. The Morgan fingerprint density at radius 1 is 1.67 bits per heavy atom. The molecule has 15 heavy (non-hydrogen) atoms. The van der Waals surface area contributed by atoms with E-state index >= 15 is 0 Å². The summed E-state index contributed by atoms with van der Waals surface area (Å²) in [7, 11) is 0. The van der Waals surface area contributed by atoms with Crippen LogP contribution in [0.3, 0.4) is 0 Å². The Bertz CT molecular complexity index is 347. The Kier molecular flexibility index (Phi) is 3.05. The monoisotopic (exact) mass is 224 g/mol. The van der Waals surface area contributed by atoms with E-state index in [2.05, 4.69) is 24.2 Å². The van der Waals surface area contributed by atoms with Gasteiger partial charge in [0.05, 0.1) is 19.1 Å². The molecule has 0 aliphatic carbocycles. The number of hydrogen-bond donors (Lipinski definition) is 1. The van der Waals surface area contributed by atoms with E-state index in [4.69, 9.17) is 4.42 Å². The van der Waals surface area contributed by atoms with Gasteiger partial charge in [0, 0.05) is 16.9 Å². The van der Waals surface area contributed by atoms with Gasteiger partial charge in [-0.15, -0.1) is 0 Å². The standard InChI is InChI=1S/C11H16N2OS/c1-3-11(2)8-15-10(13-11)12-6-9-4-5-14-7-9/h4-5,7H,3,6,8H2,1-2H3,(H,12,13). The zero-order valence-corrected chi connectivity index (χ0v) is 9.93. The molecule has 1 aliphatic heterocycles. The van der Waals surface area contributed by atoms with Gasteiger partial charge < -0.3 is 9.73 Å². The molecule has 3 nitrogen and oxygen atoms in total. The summed E-state index contributed by atoms with van der Waals surface area (Å²) in [5, 5.41) is 4.52. The van der Waals surface area contributed by atoms with Crippen molar-refractivity contribution in [3.05, 3.63) is 24.2 Å². The summed E-state index contributed by atoms with van der Waals surface area (Å²) in [5.41, 5.74) is 1.34. The molecule has 0 spiro atoms. The number of nitrogens with zero attached hydrogens (tertiary/aromatic N) is 1. The molecular weight excluding hydrogens is 208 g/mol. The Hall–Kier alpha value is -0.900. The maximum absolute atomic E-state index is 5.00. The van der Waals surface area contributed by atoms with Crippen molar-refractivity contribution < 1.29 is 4.42 Å². The molecule has 1 aromatic rings. The summed E-state index contributed by atoms with van der Waals surface area (Å²) in [5.74, 6) is 1.10. The zero-order valence-electron chi connectivity index (χ0n) is 9.12. The summed E-state index contributed by atoms with van der Waals surface area (Å²) in [6, 6.07) is 1.95. The normalized spacial score (nSPS) is 28.3. The van der Waals surface area contributed by atoms with Crippen molar-refractivity contribution in [2.45, 2.75) is 32.4 Å². The van der Waals surface area contributed by atoms with E-state index in [0.29, 0.717) is 6.54 Å². The summed E-state index contributed by atoms with van der Waals surface area (Å²) in [6.07, 6.45) is 4.55. The topological polar surface area (TPSA) is 37.5 Å². The van der Waals surface area contributed by atoms with E-state index in [9.17, 15) is 0 Å². The first kappa shape index (κ1) is 10.6. The second-order valence-corrected chi connectivity index (χ2v) is 5.04. The van der Waals surface area contributed by atoms with E-state index in [0.717, 1.165) is 22.9 Å². The molecule has 2 rings (SSSR count). The first-order valence-corrected chi connectivity index (χ1v) is 6.17. The zero-order chi connectivity index (χ0) is 10.7. The highest BCUT2D eigenvalue weighted by molar-refractivity contribution is 8.14. The van der Waals surface area contributed by atoms with E-state index in [1.54, 1.807) is 24.3 Å². The lowest BCUT2D eigenvalue weighted by Crippen LogP contribution is -2.39. The Labute approximate surface area is 94.3 Å². The molecule has 0 radical (unpaired) electrons. The fourth-order valence-corrected chi connectivity index (χ4v) is 2.59. The highest BCUT2D eigenvalue weighted by Gasteiger charge is 2.30. The van der Waals surface area contributed by atoms with Gasteiger partial charge in [0.15, 0.2) is 5.17 Å². The average molecular weight is 224 g/mol. The Balaban J connectivity index is 1.93. The predicted octanol–water partition coefficient (Wildman–Crippen LogP) is 2.64. The van der Waals surface area contributed by atoms with Crippen molar-refractivity contribution >= 4 is 16.9 Å². The second-order valence-electron chi connectivity index (χ2n) is 4.08. The lowest BCUT2D eigenvalue weighted by atomic mass is 10.0. The summed E-state index contributed by atoms with van der Waals surface area (Å²) in [6.45, 7) is 5.14. The third kappa shape index (κ3) is 2.56. The average Bonchev–Trinajstić information content (AvgIpc) is 2.85. The first-order chi connectivity index (χ1) is 7.22.